The van der Waals surface area contributed by atoms with E-state index in [-0.39, 0.29) is 5.91 Å². The molecule has 1 amide bonds. The second kappa shape index (κ2) is 10.0. The topological polar surface area (TPSA) is 81.4 Å². The molecule has 0 radical (unpaired) electrons. The van der Waals surface area contributed by atoms with Crippen LogP contribution < -0.4 is 10.1 Å². The van der Waals surface area contributed by atoms with E-state index in [2.05, 4.69) is 26.4 Å². The fourth-order valence-electron chi connectivity index (χ4n) is 3.73. The third kappa shape index (κ3) is 5.34. The smallest absolute Gasteiger partial charge is 0.253 e. The van der Waals surface area contributed by atoms with Crippen molar-refractivity contribution < 1.29 is 9.53 Å². The van der Waals surface area contributed by atoms with Gasteiger partial charge in [0.2, 0.25) is 5.16 Å². The third-order valence-electron chi connectivity index (χ3n) is 5.33. The summed E-state index contributed by atoms with van der Waals surface area (Å²) in [5.41, 5.74) is 5.75. The lowest BCUT2D eigenvalue weighted by Crippen LogP contribution is -2.26. The molecule has 2 heterocycles. The number of nitrogens with zero attached hydrogens (tertiary/aromatic N) is 4. The highest BCUT2D eigenvalue weighted by molar-refractivity contribution is 7.98. The van der Waals surface area contributed by atoms with Gasteiger partial charge in [0.05, 0.1) is 7.11 Å². The number of fused-ring (bicyclic) bond motifs is 1. The van der Waals surface area contributed by atoms with E-state index in [9.17, 15) is 4.79 Å². The first kappa shape index (κ1) is 22.8. The molecule has 2 aromatic carbocycles. The van der Waals surface area contributed by atoms with E-state index in [1.54, 1.807) is 11.6 Å². The maximum atomic E-state index is 12.9. The zero-order valence-electron chi connectivity index (χ0n) is 19.3. The first-order chi connectivity index (χ1) is 15.9. The fraction of sp³-hybridized carbons (Fsp3) is 0.280. The number of amides is 1. The molecule has 0 fully saturated rings. The minimum Gasteiger partial charge on any atom is -0.496 e. The van der Waals surface area contributed by atoms with Crippen LogP contribution in [0.5, 0.6) is 5.75 Å². The number of ether oxygens (including phenoxy) is 1. The standard InChI is InChI=1S/C25H27N5O2S/c1-16-9-10-22(32-4)19(13-16)11-12-26-23(31)21-8-6-5-7-20(21)15-33-25-28-24-27-17(2)14-18(3)30(24)29-25/h5-10,13-14H,11-12,15H2,1-4H3,(H,26,31). The van der Waals surface area contributed by atoms with Crippen LogP contribution in [0, 0.1) is 20.8 Å². The predicted octanol–water partition coefficient (Wildman–Crippen LogP) is 4.32. The van der Waals surface area contributed by atoms with Crippen LogP contribution in [0.3, 0.4) is 0 Å². The van der Waals surface area contributed by atoms with E-state index in [0.717, 1.165) is 28.3 Å². The lowest BCUT2D eigenvalue weighted by molar-refractivity contribution is 0.0953. The summed E-state index contributed by atoms with van der Waals surface area (Å²) in [5.74, 6) is 1.93. The van der Waals surface area contributed by atoms with Crippen molar-refractivity contribution in [1.82, 2.24) is 24.9 Å². The summed E-state index contributed by atoms with van der Waals surface area (Å²) in [6, 6.07) is 15.7. The van der Waals surface area contributed by atoms with Gasteiger partial charge in [0.1, 0.15) is 5.75 Å². The normalized spacial score (nSPS) is 11.0. The van der Waals surface area contributed by atoms with Gasteiger partial charge in [0.15, 0.2) is 0 Å². The number of hydrogen-bond donors (Lipinski definition) is 1. The van der Waals surface area contributed by atoms with Crippen molar-refractivity contribution in [1.29, 1.82) is 0 Å². The zero-order valence-corrected chi connectivity index (χ0v) is 20.1. The molecule has 2 aromatic heterocycles. The van der Waals surface area contributed by atoms with Gasteiger partial charge in [-0.15, -0.1) is 5.10 Å². The Balaban J connectivity index is 1.41. The number of carbonyl (C=O) groups excluding carboxylic acids is 1. The molecule has 0 unspecified atom stereocenters. The van der Waals surface area contributed by atoms with E-state index in [0.29, 0.717) is 35.2 Å². The first-order valence-corrected chi connectivity index (χ1v) is 11.8. The number of rotatable bonds is 8. The highest BCUT2D eigenvalue weighted by Crippen LogP contribution is 2.23. The van der Waals surface area contributed by atoms with Crippen LogP contribution in [-0.2, 0) is 12.2 Å². The number of benzene rings is 2. The zero-order chi connectivity index (χ0) is 23.4. The van der Waals surface area contributed by atoms with Crippen molar-refractivity contribution in [3.8, 4) is 5.75 Å². The number of aryl methyl sites for hydroxylation is 3. The van der Waals surface area contributed by atoms with E-state index in [1.165, 1.54) is 17.3 Å². The maximum Gasteiger partial charge on any atom is 0.253 e. The summed E-state index contributed by atoms with van der Waals surface area (Å²) in [6.07, 6.45) is 0.699. The number of carbonyl (C=O) groups is 1. The second-order valence-corrected chi connectivity index (χ2v) is 8.85. The highest BCUT2D eigenvalue weighted by atomic mass is 32.2. The summed E-state index contributed by atoms with van der Waals surface area (Å²) < 4.78 is 7.18. The van der Waals surface area contributed by atoms with E-state index < -0.39 is 0 Å². The van der Waals surface area contributed by atoms with Crippen molar-refractivity contribution in [3.63, 3.8) is 0 Å². The summed E-state index contributed by atoms with van der Waals surface area (Å²) in [6.45, 7) is 6.50. The molecule has 33 heavy (non-hydrogen) atoms. The van der Waals surface area contributed by atoms with Gasteiger partial charge in [-0.3, -0.25) is 4.79 Å². The Bertz CT molecular complexity index is 1300. The number of hydrogen-bond acceptors (Lipinski definition) is 6. The number of aromatic nitrogens is 4. The number of thioether (sulfide) groups is 1. The summed E-state index contributed by atoms with van der Waals surface area (Å²) in [4.78, 5) is 21.9. The Morgan fingerprint density at radius 2 is 1.88 bits per heavy atom. The van der Waals surface area contributed by atoms with Gasteiger partial charge in [-0.1, -0.05) is 47.7 Å². The van der Waals surface area contributed by atoms with Crippen molar-refractivity contribution in [2.45, 2.75) is 38.1 Å². The molecule has 170 valence electrons. The average Bonchev–Trinajstić information content (AvgIpc) is 3.21. The molecule has 0 bridgehead atoms. The molecule has 4 rings (SSSR count). The third-order valence-corrected chi connectivity index (χ3v) is 6.22. The summed E-state index contributed by atoms with van der Waals surface area (Å²) in [7, 11) is 1.66. The van der Waals surface area contributed by atoms with E-state index in [4.69, 9.17) is 4.74 Å². The SMILES string of the molecule is COc1ccc(C)cc1CCNC(=O)c1ccccc1CSc1nc2nc(C)cc(C)n2n1. The second-order valence-electron chi connectivity index (χ2n) is 7.91. The van der Waals surface area contributed by atoms with Crippen molar-refractivity contribution in [2.75, 3.05) is 13.7 Å². The van der Waals surface area contributed by atoms with Crippen LogP contribution >= 0.6 is 11.8 Å². The molecule has 0 saturated carbocycles. The lowest BCUT2D eigenvalue weighted by Gasteiger charge is -2.12. The molecule has 4 aromatic rings. The Labute approximate surface area is 197 Å². The van der Waals surface area contributed by atoms with Gasteiger partial charge < -0.3 is 10.1 Å². The van der Waals surface area contributed by atoms with Gasteiger partial charge in [0, 0.05) is 29.2 Å². The molecule has 0 saturated heterocycles. The quantitative estimate of drug-likeness (QED) is 0.394. The largest absolute Gasteiger partial charge is 0.496 e. The van der Waals surface area contributed by atoms with Crippen LogP contribution in [0.2, 0.25) is 0 Å². The van der Waals surface area contributed by atoms with Gasteiger partial charge in [-0.2, -0.15) is 4.98 Å². The van der Waals surface area contributed by atoms with E-state index >= 15 is 0 Å². The van der Waals surface area contributed by atoms with Crippen LogP contribution in [0.15, 0.2) is 53.7 Å². The molecule has 1 N–H and O–H groups in total. The molecule has 0 spiro atoms. The van der Waals surface area contributed by atoms with Crippen molar-refractivity contribution in [3.05, 3.63) is 82.2 Å². The number of methoxy groups -OCH3 is 1. The van der Waals surface area contributed by atoms with Gasteiger partial charge >= 0.3 is 0 Å². The first-order valence-electron chi connectivity index (χ1n) is 10.8. The van der Waals surface area contributed by atoms with Crippen molar-refractivity contribution >= 4 is 23.4 Å². The Hall–Kier alpha value is -3.39. The number of nitrogens with one attached hydrogen (secondary N) is 1. The van der Waals surface area contributed by atoms with Crippen LogP contribution in [0.1, 0.15) is 38.4 Å². The predicted molar refractivity (Wildman–Crippen MR) is 130 cm³/mol. The monoisotopic (exact) mass is 461 g/mol. The van der Waals surface area contributed by atoms with Gasteiger partial charge in [-0.25, -0.2) is 9.50 Å². The highest BCUT2D eigenvalue weighted by Gasteiger charge is 2.14. The van der Waals surface area contributed by atoms with Crippen LogP contribution in [0.25, 0.3) is 5.78 Å². The Kier molecular flexibility index (Phi) is 6.93. The molecule has 0 aliphatic rings. The molecular formula is C25H27N5O2S. The minimum absolute atomic E-state index is 0.0890. The van der Waals surface area contributed by atoms with Gasteiger partial charge in [-0.05, 0) is 56.5 Å². The molecule has 0 aliphatic heterocycles. The molecule has 7 nitrogen and oxygen atoms in total. The molecule has 8 heteroatoms. The van der Waals surface area contributed by atoms with Gasteiger partial charge in [0.25, 0.3) is 11.7 Å². The van der Waals surface area contributed by atoms with Crippen LogP contribution in [-0.4, -0.2) is 39.1 Å². The lowest BCUT2D eigenvalue weighted by atomic mass is 10.1. The van der Waals surface area contributed by atoms with Crippen LogP contribution in [0.4, 0.5) is 0 Å². The van der Waals surface area contributed by atoms with Crippen molar-refractivity contribution in [2.24, 2.45) is 0 Å². The minimum atomic E-state index is -0.0890. The maximum absolute atomic E-state index is 12.9. The fourth-order valence-corrected chi connectivity index (χ4v) is 4.55. The molecule has 0 aliphatic carbocycles. The van der Waals surface area contributed by atoms with E-state index in [1.807, 2.05) is 63.2 Å². The Morgan fingerprint density at radius 1 is 1.06 bits per heavy atom. The summed E-state index contributed by atoms with van der Waals surface area (Å²) >= 11 is 1.49. The Morgan fingerprint density at radius 3 is 2.70 bits per heavy atom. The summed E-state index contributed by atoms with van der Waals surface area (Å²) in [5, 5.41) is 8.22. The molecule has 0 atom stereocenters. The average molecular weight is 462 g/mol. The molecular weight excluding hydrogens is 434 g/mol.